The summed E-state index contributed by atoms with van der Waals surface area (Å²) < 4.78 is 5.56. The third kappa shape index (κ3) is 4.18. The van der Waals surface area contributed by atoms with Crippen LogP contribution in [0, 0.1) is 0 Å². The zero-order valence-corrected chi connectivity index (χ0v) is 16.8. The molecule has 2 aromatic carbocycles. The first-order valence-electron chi connectivity index (χ1n) is 9.61. The molecule has 0 saturated carbocycles. The molecule has 4 rings (SSSR count). The van der Waals surface area contributed by atoms with Crippen molar-refractivity contribution in [2.45, 2.75) is 13.0 Å². The molecule has 0 amide bonds. The van der Waals surface area contributed by atoms with Crippen molar-refractivity contribution in [3.63, 3.8) is 0 Å². The van der Waals surface area contributed by atoms with Crippen LogP contribution in [0.3, 0.4) is 0 Å². The lowest BCUT2D eigenvalue weighted by Crippen LogP contribution is -2.26. The molecule has 8 nitrogen and oxygen atoms in total. The number of ether oxygens (including phenoxy) is 1. The molecule has 30 heavy (non-hydrogen) atoms. The van der Waals surface area contributed by atoms with Crippen LogP contribution >= 0.6 is 0 Å². The highest BCUT2D eigenvalue weighted by atomic mass is 16.5. The van der Waals surface area contributed by atoms with Gasteiger partial charge in [0.05, 0.1) is 12.8 Å². The van der Waals surface area contributed by atoms with Gasteiger partial charge in [-0.25, -0.2) is 9.78 Å². The van der Waals surface area contributed by atoms with Crippen LogP contribution in [0.15, 0.2) is 48.7 Å². The maximum atomic E-state index is 11.6. The van der Waals surface area contributed by atoms with Crippen molar-refractivity contribution >= 4 is 29.1 Å². The molecule has 0 aliphatic carbocycles. The quantitative estimate of drug-likeness (QED) is 0.571. The van der Waals surface area contributed by atoms with Gasteiger partial charge >= 0.3 is 5.97 Å². The molecular weight excluding hydrogens is 382 g/mol. The van der Waals surface area contributed by atoms with Crippen molar-refractivity contribution in [3.05, 3.63) is 65.4 Å². The van der Waals surface area contributed by atoms with Crippen molar-refractivity contribution in [1.29, 1.82) is 0 Å². The molecule has 1 aliphatic rings. The summed E-state index contributed by atoms with van der Waals surface area (Å²) in [6.07, 6.45) is 2.26. The van der Waals surface area contributed by atoms with E-state index in [9.17, 15) is 9.90 Å². The van der Waals surface area contributed by atoms with Gasteiger partial charge in [0, 0.05) is 25.0 Å². The summed E-state index contributed by atoms with van der Waals surface area (Å²) in [5, 5.41) is 15.7. The Labute approximate surface area is 174 Å². The summed E-state index contributed by atoms with van der Waals surface area (Å²) >= 11 is 0. The SMILES string of the molecule is COc1cc2c(cc1Nc1ncc(C(=O)O)c(Nc3ccccc3)n1)CN(C)CC2. The Balaban J connectivity index is 1.67. The fourth-order valence-electron chi connectivity index (χ4n) is 3.47. The number of aromatic carboxylic acids is 1. The molecule has 0 atom stereocenters. The molecule has 3 N–H and O–H groups in total. The Hall–Kier alpha value is -3.65. The van der Waals surface area contributed by atoms with Crippen LogP contribution in [0.2, 0.25) is 0 Å². The number of methoxy groups -OCH3 is 1. The van der Waals surface area contributed by atoms with E-state index in [1.807, 2.05) is 42.5 Å². The van der Waals surface area contributed by atoms with Crippen LogP contribution in [0.25, 0.3) is 0 Å². The van der Waals surface area contributed by atoms with Gasteiger partial charge in [0.2, 0.25) is 5.95 Å². The summed E-state index contributed by atoms with van der Waals surface area (Å²) in [5.74, 6) is 0.0832. The number of carbonyl (C=O) groups is 1. The number of fused-ring (bicyclic) bond motifs is 1. The minimum atomic E-state index is -1.10. The van der Waals surface area contributed by atoms with Crippen molar-refractivity contribution in [3.8, 4) is 5.75 Å². The molecule has 0 bridgehead atoms. The van der Waals surface area contributed by atoms with E-state index in [0.717, 1.165) is 30.9 Å². The van der Waals surface area contributed by atoms with Crippen molar-refractivity contribution in [2.75, 3.05) is 31.3 Å². The van der Waals surface area contributed by atoms with Crippen LogP contribution in [-0.4, -0.2) is 46.6 Å². The molecule has 1 aromatic heterocycles. The first-order chi connectivity index (χ1) is 14.5. The molecule has 1 aliphatic heterocycles. The third-order valence-electron chi connectivity index (χ3n) is 5.03. The Morgan fingerprint density at radius 2 is 1.97 bits per heavy atom. The summed E-state index contributed by atoms with van der Waals surface area (Å²) in [4.78, 5) is 22.5. The lowest BCUT2D eigenvalue weighted by atomic mass is 9.99. The summed E-state index contributed by atoms with van der Waals surface area (Å²) in [7, 11) is 3.72. The number of hydrogen-bond donors (Lipinski definition) is 3. The van der Waals surface area contributed by atoms with Crippen molar-refractivity contribution < 1.29 is 14.6 Å². The van der Waals surface area contributed by atoms with E-state index in [-0.39, 0.29) is 17.3 Å². The molecule has 3 aromatic rings. The van der Waals surface area contributed by atoms with Gasteiger partial charge in [0.25, 0.3) is 0 Å². The maximum absolute atomic E-state index is 11.6. The van der Waals surface area contributed by atoms with E-state index in [1.165, 1.54) is 17.3 Å². The van der Waals surface area contributed by atoms with E-state index in [4.69, 9.17) is 4.74 Å². The van der Waals surface area contributed by atoms with E-state index >= 15 is 0 Å². The van der Waals surface area contributed by atoms with Gasteiger partial charge in [-0.1, -0.05) is 18.2 Å². The van der Waals surface area contributed by atoms with Gasteiger partial charge in [0.15, 0.2) is 5.82 Å². The molecule has 8 heteroatoms. The Morgan fingerprint density at radius 1 is 1.17 bits per heavy atom. The van der Waals surface area contributed by atoms with E-state index in [1.54, 1.807) is 7.11 Å². The predicted molar refractivity (Wildman–Crippen MR) is 115 cm³/mol. The molecule has 0 fully saturated rings. The third-order valence-corrected chi connectivity index (χ3v) is 5.03. The van der Waals surface area contributed by atoms with E-state index < -0.39 is 5.97 Å². The first-order valence-corrected chi connectivity index (χ1v) is 9.61. The van der Waals surface area contributed by atoms with Crippen molar-refractivity contribution in [2.24, 2.45) is 0 Å². The number of carboxylic acid groups (broad SMARTS) is 1. The summed E-state index contributed by atoms with van der Waals surface area (Å²) in [6.45, 7) is 1.87. The topological polar surface area (TPSA) is 99.6 Å². The number of likely N-dealkylation sites (N-methyl/N-ethyl adjacent to an activating group) is 1. The van der Waals surface area contributed by atoms with Gasteiger partial charge in [-0.15, -0.1) is 0 Å². The standard InChI is InChI=1S/C22H23N5O3/c1-27-9-8-14-11-19(30-2)18(10-15(14)13-27)25-22-23-12-17(21(28)29)20(26-22)24-16-6-4-3-5-7-16/h3-7,10-12H,8-9,13H2,1-2H3,(H,28,29)(H2,23,24,25,26). The molecule has 0 spiro atoms. The van der Waals surface area contributed by atoms with E-state index in [0.29, 0.717) is 5.75 Å². The largest absolute Gasteiger partial charge is 0.495 e. The van der Waals surface area contributed by atoms with Crippen LogP contribution in [0.5, 0.6) is 5.75 Å². The van der Waals surface area contributed by atoms with Crippen LogP contribution in [0.1, 0.15) is 21.5 Å². The first kappa shape index (κ1) is 19.7. The number of aromatic nitrogens is 2. The minimum absolute atomic E-state index is 0.0107. The number of benzene rings is 2. The van der Waals surface area contributed by atoms with Gasteiger partial charge in [-0.05, 0) is 48.9 Å². The van der Waals surface area contributed by atoms with Gasteiger partial charge in [-0.2, -0.15) is 4.98 Å². The average Bonchev–Trinajstić information content (AvgIpc) is 2.74. The molecule has 2 heterocycles. The highest BCUT2D eigenvalue weighted by Gasteiger charge is 2.19. The zero-order chi connectivity index (χ0) is 21.1. The van der Waals surface area contributed by atoms with Gasteiger partial charge in [-0.3, -0.25) is 0 Å². The second kappa shape index (κ2) is 8.38. The maximum Gasteiger partial charge on any atom is 0.341 e. The Morgan fingerprint density at radius 3 is 2.70 bits per heavy atom. The second-order valence-corrected chi connectivity index (χ2v) is 7.19. The number of nitrogens with one attached hydrogen (secondary N) is 2. The summed E-state index contributed by atoms with van der Waals surface area (Å²) in [5.41, 5.74) is 3.95. The lowest BCUT2D eigenvalue weighted by molar-refractivity contribution is 0.0697. The molecule has 0 radical (unpaired) electrons. The second-order valence-electron chi connectivity index (χ2n) is 7.19. The number of hydrogen-bond acceptors (Lipinski definition) is 7. The fourth-order valence-corrected chi connectivity index (χ4v) is 3.47. The minimum Gasteiger partial charge on any atom is -0.495 e. The number of carboxylic acids is 1. The highest BCUT2D eigenvalue weighted by Crippen LogP contribution is 2.33. The Kier molecular flexibility index (Phi) is 5.49. The normalized spacial score (nSPS) is 13.4. The van der Waals surface area contributed by atoms with E-state index in [2.05, 4.69) is 32.5 Å². The van der Waals surface area contributed by atoms with Gasteiger partial charge in [0.1, 0.15) is 11.3 Å². The number of para-hydroxylation sites is 1. The predicted octanol–water partition coefficient (Wildman–Crippen LogP) is 3.66. The van der Waals surface area contributed by atoms with Crippen LogP contribution in [0.4, 0.5) is 23.1 Å². The lowest BCUT2D eigenvalue weighted by Gasteiger charge is -2.26. The smallest absolute Gasteiger partial charge is 0.341 e. The number of anilines is 4. The molecule has 0 unspecified atom stereocenters. The number of rotatable bonds is 6. The Bertz CT molecular complexity index is 1070. The fraction of sp³-hybridized carbons (Fsp3) is 0.227. The van der Waals surface area contributed by atoms with Crippen molar-refractivity contribution in [1.82, 2.24) is 14.9 Å². The molecule has 154 valence electrons. The van der Waals surface area contributed by atoms with Gasteiger partial charge < -0.3 is 25.4 Å². The monoisotopic (exact) mass is 405 g/mol. The highest BCUT2D eigenvalue weighted by molar-refractivity contribution is 5.94. The average molecular weight is 405 g/mol. The summed E-state index contributed by atoms with van der Waals surface area (Å²) in [6, 6.07) is 13.4. The van der Waals surface area contributed by atoms with Crippen LogP contribution < -0.4 is 15.4 Å². The number of nitrogens with zero attached hydrogens (tertiary/aromatic N) is 3. The van der Waals surface area contributed by atoms with Crippen LogP contribution in [-0.2, 0) is 13.0 Å². The molecular formula is C22H23N5O3. The zero-order valence-electron chi connectivity index (χ0n) is 16.8. The molecule has 0 saturated heterocycles.